The molecule has 1 N–H and O–H groups in total. The molecule has 0 radical (unpaired) electrons. The summed E-state index contributed by atoms with van der Waals surface area (Å²) in [6.07, 6.45) is 1.11. The molecule has 0 aliphatic carbocycles. The molecular weight excluding hydrogens is 242 g/mol. The highest BCUT2D eigenvalue weighted by Gasteiger charge is 2.27. The second-order valence-corrected chi connectivity index (χ2v) is 8.99. The summed E-state index contributed by atoms with van der Waals surface area (Å²) in [7, 11) is -2.96. The number of rotatable bonds is 8. The smallest absolute Gasteiger partial charge is 0.156 e. The first-order valence-corrected chi connectivity index (χ1v) is 8.62. The van der Waals surface area contributed by atoms with Gasteiger partial charge in [0, 0.05) is 6.54 Å². The summed E-state index contributed by atoms with van der Waals surface area (Å²) < 4.78 is 22.9. The predicted octanol–water partition coefficient (Wildman–Crippen LogP) is 1.93. The van der Waals surface area contributed by atoms with Crippen LogP contribution in [0.2, 0.25) is 0 Å². The summed E-state index contributed by atoms with van der Waals surface area (Å²) in [4.78, 5) is 0. The quantitative estimate of drug-likeness (QED) is 0.683. The lowest BCUT2D eigenvalue weighted by molar-refractivity contribution is 0.556. The van der Waals surface area contributed by atoms with Gasteiger partial charge in [-0.3, -0.25) is 0 Å². The fourth-order valence-electron chi connectivity index (χ4n) is 1.08. The Morgan fingerprint density at radius 2 is 1.81 bits per heavy atom. The van der Waals surface area contributed by atoms with Crippen LogP contribution in [-0.2, 0) is 9.84 Å². The van der Waals surface area contributed by atoms with Gasteiger partial charge in [-0.1, -0.05) is 6.92 Å². The first kappa shape index (κ1) is 16.3. The Balaban J connectivity index is 3.60. The van der Waals surface area contributed by atoms with Gasteiger partial charge in [-0.15, -0.1) is 0 Å². The number of thioether (sulfide) groups is 1. The largest absolute Gasteiger partial charge is 0.316 e. The van der Waals surface area contributed by atoms with Crippen LogP contribution in [0.1, 0.15) is 34.1 Å². The van der Waals surface area contributed by atoms with Crippen molar-refractivity contribution in [1.29, 1.82) is 0 Å². The van der Waals surface area contributed by atoms with Gasteiger partial charge in [-0.05, 0) is 45.2 Å². The van der Waals surface area contributed by atoms with Crippen LogP contribution in [0.5, 0.6) is 0 Å². The molecule has 0 rings (SSSR count). The van der Waals surface area contributed by atoms with Crippen LogP contribution in [0.25, 0.3) is 0 Å². The SMILES string of the molecule is CCSCCCNCCS(=O)(=O)C(C)(C)C. The third kappa shape index (κ3) is 6.76. The summed E-state index contributed by atoms with van der Waals surface area (Å²) in [6.45, 7) is 8.87. The average Bonchev–Trinajstić information content (AvgIpc) is 2.14. The molecule has 0 fully saturated rings. The second kappa shape index (κ2) is 7.56. The number of hydrogen-bond donors (Lipinski definition) is 1. The van der Waals surface area contributed by atoms with E-state index in [1.807, 2.05) is 11.8 Å². The van der Waals surface area contributed by atoms with Crippen molar-refractivity contribution < 1.29 is 8.42 Å². The van der Waals surface area contributed by atoms with E-state index in [1.165, 1.54) is 0 Å². The molecule has 0 saturated carbocycles. The standard InChI is InChI=1S/C11H25NO2S2/c1-5-15-9-6-7-12-8-10-16(13,14)11(2,3)4/h12H,5-10H2,1-4H3. The lowest BCUT2D eigenvalue weighted by atomic mass is 10.3. The maximum Gasteiger partial charge on any atom is 0.156 e. The second-order valence-electron chi connectivity index (χ2n) is 4.73. The molecule has 0 unspecified atom stereocenters. The van der Waals surface area contributed by atoms with E-state index in [2.05, 4.69) is 12.2 Å². The van der Waals surface area contributed by atoms with Crippen molar-refractivity contribution >= 4 is 21.6 Å². The molecule has 5 heteroatoms. The van der Waals surface area contributed by atoms with Gasteiger partial charge in [-0.25, -0.2) is 8.42 Å². The fraction of sp³-hybridized carbons (Fsp3) is 1.00. The molecule has 0 aliphatic heterocycles. The molecule has 0 aromatic heterocycles. The maximum atomic E-state index is 11.7. The molecule has 0 aromatic rings. The van der Waals surface area contributed by atoms with Crippen LogP contribution < -0.4 is 5.32 Å². The van der Waals surface area contributed by atoms with E-state index in [9.17, 15) is 8.42 Å². The Morgan fingerprint density at radius 1 is 1.19 bits per heavy atom. The first-order chi connectivity index (χ1) is 7.31. The third-order valence-electron chi connectivity index (χ3n) is 2.33. The topological polar surface area (TPSA) is 46.2 Å². The average molecular weight is 267 g/mol. The Kier molecular flexibility index (Phi) is 7.68. The van der Waals surface area contributed by atoms with Crippen LogP contribution >= 0.6 is 11.8 Å². The maximum absolute atomic E-state index is 11.7. The van der Waals surface area contributed by atoms with E-state index in [-0.39, 0.29) is 5.75 Å². The van der Waals surface area contributed by atoms with Gasteiger partial charge in [0.2, 0.25) is 0 Å². The summed E-state index contributed by atoms with van der Waals surface area (Å²) in [5.41, 5.74) is 0. The van der Waals surface area contributed by atoms with E-state index in [0.29, 0.717) is 6.54 Å². The number of sulfone groups is 1. The highest BCUT2D eigenvalue weighted by atomic mass is 32.2. The molecule has 0 aromatic carbocycles. The van der Waals surface area contributed by atoms with Crippen LogP contribution in [0, 0.1) is 0 Å². The lowest BCUT2D eigenvalue weighted by Gasteiger charge is -2.19. The molecule has 0 bridgehead atoms. The predicted molar refractivity (Wildman–Crippen MR) is 74.0 cm³/mol. The zero-order valence-corrected chi connectivity index (χ0v) is 12.5. The van der Waals surface area contributed by atoms with Gasteiger partial charge in [-0.2, -0.15) is 11.8 Å². The molecule has 98 valence electrons. The summed E-state index contributed by atoms with van der Waals surface area (Å²) >= 11 is 1.92. The van der Waals surface area contributed by atoms with E-state index in [4.69, 9.17) is 0 Å². The molecule has 0 heterocycles. The molecule has 0 saturated heterocycles. The molecule has 0 atom stereocenters. The minimum Gasteiger partial charge on any atom is -0.316 e. The summed E-state index contributed by atoms with van der Waals surface area (Å²) in [6, 6.07) is 0. The molecular formula is C11H25NO2S2. The van der Waals surface area contributed by atoms with Crippen LogP contribution in [0.15, 0.2) is 0 Å². The monoisotopic (exact) mass is 267 g/mol. The third-order valence-corrected chi connectivity index (χ3v) is 5.92. The lowest BCUT2D eigenvalue weighted by Crippen LogP contribution is -2.35. The van der Waals surface area contributed by atoms with Gasteiger partial charge < -0.3 is 5.32 Å². The van der Waals surface area contributed by atoms with Gasteiger partial charge in [0.1, 0.15) is 0 Å². The highest BCUT2D eigenvalue weighted by molar-refractivity contribution is 7.99. The van der Waals surface area contributed by atoms with Crippen LogP contribution in [-0.4, -0.2) is 43.5 Å². The van der Waals surface area contributed by atoms with E-state index in [1.54, 1.807) is 20.8 Å². The van der Waals surface area contributed by atoms with Crippen molar-refractivity contribution in [3.8, 4) is 0 Å². The van der Waals surface area contributed by atoms with E-state index in [0.717, 1.165) is 24.5 Å². The molecule has 0 spiro atoms. The van der Waals surface area contributed by atoms with E-state index < -0.39 is 14.6 Å². The zero-order chi connectivity index (χ0) is 12.7. The van der Waals surface area contributed by atoms with Gasteiger partial charge in [0.25, 0.3) is 0 Å². The summed E-state index contributed by atoms with van der Waals surface area (Å²) in [5, 5.41) is 3.18. The van der Waals surface area contributed by atoms with E-state index >= 15 is 0 Å². The fourth-order valence-corrected chi connectivity index (χ4v) is 2.74. The Labute approximate surface area is 105 Å². The molecule has 0 aliphatic rings. The molecule has 0 amide bonds. The van der Waals surface area contributed by atoms with Gasteiger partial charge >= 0.3 is 0 Å². The Bertz CT molecular complexity index is 268. The van der Waals surface area contributed by atoms with Crippen molar-refractivity contribution in [3.63, 3.8) is 0 Å². The summed E-state index contributed by atoms with van der Waals surface area (Å²) in [5.74, 6) is 2.53. The Morgan fingerprint density at radius 3 is 2.31 bits per heavy atom. The van der Waals surface area contributed by atoms with Crippen molar-refractivity contribution in [3.05, 3.63) is 0 Å². The number of hydrogen-bond acceptors (Lipinski definition) is 4. The van der Waals surface area contributed by atoms with Gasteiger partial charge in [0.05, 0.1) is 10.5 Å². The normalized spacial score (nSPS) is 13.0. The van der Waals surface area contributed by atoms with Crippen LogP contribution in [0.4, 0.5) is 0 Å². The Hall–Kier alpha value is 0.260. The first-order valence-electron chi connectivity index (χ1n) is 5.82. The zero-order valence-electron chi connectivity index (χ0n) is 10.9. The molecule has 16 heavy (non-hydrogen) atoms. The minimum absolute atomic E-state index is 0.234. The minimum atomic E-state index is -2.96. The number of nitrogens with one attached hydrogen (secondary N) is 1. The van der Waals surface area contributed by atoms with Crippen molar-refractivity contribution in [2.75, 3.05) is 30.3 Å². The van der Waals surface area contributed by atoms with Crippen LogP contribution in [0.3, 0.4) is 0 Å². The van der Waals surface area contributed by atoms with Crippen molar-refractivity contribution in [2.45, 2.75) is 38.9 Å². The molecule has 3 nitrogen and oxygen atoms in total. The van der Waals surface area contributed by atoms with Crippen molar-refractivity contribution in [1.82, 2.24) is 5.32 Å². The van der Waals surface area contributed by atoms with Gasteiger partial charge in [0.15, 0.2) is 9.84 Å². The highest BCUT2D eigenvalue weighted by Crippen LogP contribution is 2.15. The van der Waals surface area contributed by atoms with Crippen molar-refractivity contribution in [2.24, 2.45) is 0 Å².